The average Bonchev–Trinajstić information content (AvgIpc) is 3.02. The van der Waals surface area contributed by atoms with E-state index in [1.165, 1.54) is 11.8 Å². The molecule has 0 saturated carbocycles. The minimum Gasteiger partial charge on any atom is -0.368 e. The van der Waals surface area contributed by atoms with Gasteiger partial charge in [-0.1, -0.05) is 41.6 Å². The van der Waals surface area contributed by atoms with Crippen molar-refractivity contribution >= 4 is 52.0 Å². The molecule has 0 radical (unpaired) electrons. The maximum atomic E-state index is 6.00. The lowest BCUT2D eigenvalue weighted by Crippen LogP contribution is -2.06. The zero-order valence-corrected chi connectivity index (χ0v) is 15.1. The number of benzene rings is 2. The highest BCUT2D eigenvalue weighted by Gasteiger charge is 2.08. The predicted octanol–water partition coefficient (Wildman–Crippen LogP) is 4.02. The maximum Gasteiger partial charge on any atom is 0.232 e. The van der Waals surface area contributed by atoms with Crippen molar-refractivity contribution in [2.45, 2.75) is 10.9 Å². The number of halogens is 1. The number of nitrogens with zero attached hydrogens (tertiary/aromatic N) is 4. The van der Waals surface area contributed by atoms with Crippen LogP contribution >= 0.6 is 23.4 Å². The Kier molecular flexibility index (Phi) is 4.59. The smallest absolute Gasteiger partial charge is 0.232 e. The summed E-state index contributed by atoms with van der Waals surface area (Å²) < 4.78 is 0. The molecule has 0 aliphatic heterocycles. The molecular weight excluding hydrogens is 370 g/mol. The maximum absolute atomic E-state index is 6.00. The lowest BCUT2D eigenvalue weighted by molar-refractivity contribution is 0.976. The zero-order valence-electron chi connectivity index (χ0n) is 13.5. The van der Waals surface area contributed by atoms with Crippen LogP contribution in [0.1, 0.15) is 5.82 Å². The van der Waals surface area contributed by atoms with Crippen molar-refractivity contribution in [1.29, 1.82) is 0 Å². The van der Waals surface area contributed by atoms with E-state index in [0.29, 0.717) is 22.5 Å². The number of rotatable bonds is 5. The fraction of sp³-hybridized carbons (Fsp3) is 0.0588. The van der Waals surface area contributed by atoms with Crippen LogP contribution < -0.4 is 11.1 Å². The number of hydrogen-bond acceptors (Lipinski definition) is 7. The number of para-hydroxylation sites is 1. The number of aromatic nitrogens is 5. The largest absolute Gasteiger partial charge is 0.368 e. The molecule has 26 heavy (non-hydrogen) atoms. The predicted molar refractivity (Wildman–Crippen MR) is 105 cm³/mol. The SMILES string of the molecule is Nc1nc(CSc2nc3ccc(Cl)cc3[nH]2)nc(Nc2ccccc2)n1. The Labute approximate surface area is 158 Å². The number of nitrogens with two attached hydrogens (primary N) is 1. The Hall–Kier alpha value is -2.84. The van der Waals surface area contributed by atoms with Crippen molar-refractivity contribution in [2.24, 2.45) is 0 Å². The first-order chi connectivity index (χ1) is 12.7. The van der Waals surface area contributed by atoms with Gasteiger partial charge in [-0.3, -0.25) is 0 Å². The summed E-state index contributed by atoms with van der Waals surface area (Å²) in [5, 5.41) is 4.55. The number of nitrogens with one attached hydrogen (secondary N) is 2. The van der Waals surface area contributed by atoms with Gasteiger partial charge in [-0.05, 0) is 30.3 Å². The van der Waals surface area contributed by atoms with E-state index in [-0.39, 0.29) is 5.95 Å². The third-order valence-corrected chi connectivity index (χ3v) is 4.59. The number of H-pyrrole nitrogens is 1. The van der Waals surface area contributed by atoms with Crippen molar-refractivity contribution in [1.82, 2.24) is 24.9 Å². The summed E-state index contributed by atoms with van der Waals surface area (Å²) in [6.45, 7) is 0. The zero-order chi connectivity index (χ0) is 17.9. The van der Waals surface area contributed by atoms with Gasteiger partial charge >= 0.3 is 0 Å². The number of hydrogen-bond donors (Lipinski definition) is 3. The third-order valence-electron chi connectivity index (χ3n) is 3.49. The lowest BCUT2D eigenvalue weighted by Gasteiger charge is -2.06. The summed E-state index contributed by atoms with van der Waals surface area (Å²) in [5.41, 5.74) is 8.44. The van der Waals surface area contributed by atoms with Crippen LogP contribution in [0.4, 0.5) is 17.6 Å². The van der Waals surface area contributed by atoms with E-state index in [2.05, 4.69) is 30.2 Å². The molecule has 0 bridgehead atoms. The Balaban J connectivity index is 1.50. The van der Waals surface area contributed by atoms with Crippen LogP contribution in [0.25, 0.3) is 11.0 Å². The second kappa shape index (κ2) is 7.19. The first-order valence-corrected chi connectivity index (χ1v) is 9.13. The van der Waals surface area contributed by atoms with Crippen molar-refractivity contribution in [3.63, 3.8) is 0 Å². The molecule has 2 heterocycles. The lowest BCUT2D eigenvalue weighted by atomic mass is 10.3. The third kappa shape index (κ3) is 3.87. The van der Waals surface area contributed by atoms with E-state index in [9.17, 15) is 0 Å². The molecule has 4 aromatic rings. The van der Waals surface area contributed by atoms with E-state index in [1.54, 1.807) is 0 Å². The molecule has 4 N–H and O–H groups in total. The summed E-state index contributed by atoms with van der Waals surface area (Å²) in [5.74, 6) is 1.66. The molecule has 2 aromatic carbocycles. The molecule has 0 unspecified atom stereocenters. The van der Waals surface area contributed by atoms with Gasteiger partial charge in [0.15, 0.2) is 5.16 Å². The second-order valence-electron chi connectivity index (χ2n) is 5.42. The highest BCUT2D eigenvalue weighted by molar-refractivity contribution is 7.98. The summed E-state index contributed by atoms with van der Waals surface area (Å²) in [6, 6.07) is 15.2. The Morgan fingerprint density at radius 2 is 1.88 bits per heavy atom. The fourth-order valence-electron chi connectivity index (χ4n) is 2.37. The van der Waals surface area contributed by atoms with E-state index < -0.39 is 0 Å². The van der Waals surface area contributed by atoms with Gasteiger partial charge in [0, 0.05) is 10.7 Å². The van der Waals surface area contributed by atoms with Crippen molar-refractivity contribution in [2.75, 3.05) is 11.1 Å². The van der Waals surface area contributed by atoms with E-state index in [1.807, 2.05) is 48.5 Å². The number of nitrogen functional groups attached to an aromatic ring is 1. The number of thioether (sulfide) groups is 1. The standard InChI is InChI=1S/C17H14ClN7S/c18-10-6-7-12-13(8-10)22-17(21-12)26-9-14-23-15(19)25-16(24-14)20-11-4-2-1-3-5-11/h1-8H,9H2,(H,21,22)(H3,19,20,23,24,25). The first-order valence-electron chi connectivity index (χ1n) is 7.76. The molecule has 0 saturated heterocycles. The number of anilines is 3. The molecule has 0 atom stereocenters. The van der Waals surface area contributed by atoms with Crippen LogP contribution in [0, 0.1) is 0 Å². The van der Waals surface area contributed by atoms with Crippen molar-refractivity contribution in [3.8, 4) is 0 Å². The van der Waals surface area contributed by atoms with Gasteiger partial charge in [0.1, 0.15) is 5.82 Å². The monoisotopic (exact) mass is 383 g/mol. The highest BCUT2D eigenvalue weighted by Crippen LogP contribution is 2.24. The van der Waals surface area contributed by atoms with E-state index in [0.717, 1.165) is 21.9 Å². The molecular formula is C17H14ClN7S. The second-order valence-corrected chi connectivity index (χ2v) is 6.82. The van der Waals surface area contributed by atoms with Gasteiger partial charge in [-0.25, -0.2) is 4.98 Å². The molecule has 2 aromatic heterocycles. The minimum absolute atomic E-state index is 0.172. The quantitative estimate of drug-likeness (QED) is 0.447. The number of imidazole rings is 1. The van der Waals surface area contributed by atoms with Crippen LogP contribution in [0.5, 0.6) is 0 Å². The van der Waals surface area contributed by atoms with Gasteiger partial charge < -0.3 is 16.0 Å². The van der Waals surface area contributed by atoms with Gasteiger partial charge in [0.05, 0.1) is 16.8 Å². The normalized spacial score (nSPS) is 11.0. The van der Waals surface area contributed by atoms with Crippen LogP contribution in [0.2, 0.25) is 5.02 Å². The van der Waals surface area contributed by atoms with Gasteiger partial charge in [0.25, 0.3) is 0 Å². The summed E-state index contributed by atoms with van der Waals surface area (Å²) in [6.07, 6.45) is 0. The Morgan fingerprint density at radius 3 is 2.73 bits per heavy atom. The summed E-state index contributed by atoms with van der Waals surface area (Å²) >= 11 is 7.48. The van der Waals surface area contributed by atoms with Crippen molar-refractivity contribution < 1.29 is 0 Å². The Morgan fingerprint density at radius 1 is 1.04 bits per heavy atom. The molecule has 130 valence electrons. The molecule has 4 rings (SSSR count). The first kappa shape index (κ1) is 16.6. The van der Waals surface area contributed by atoms with Crippen LogP contribution in [-0.4, -0.2) is 24.9 Å². The van der Waals surface area contributed by atoms with Crippen molar-refractivity contribution in [3.05, 3.63) is 59.4 Å². The summed E-state index contributed by atoms with van der Waals surface area (Å²) in [7, 11) is 0. The van der Waals surface area contributed by atoms with Gasteiger partial charge in [0.2, 0.25) is 11.9 Å². The molecule has 7 nitrogen and oxygen atoms in total. The van der Waals surface area contributed by atoms with Crippen LogP contribution in [0.15, 0.2) is 53.7 Å². The number of aromatic amines is 1. The summed E-state index contributed by atoms with van der Waals surface area (Å²) in [4.78, 5) is 20.5. The minimum atomic E-state index is 0.172. The van der Waals surface area contributed by atoms with Crippen LogP contribution in [-0.2, 0) is 5.75 Å². The molecule has 9 heteroatoms. The molecule has 0 fully saturated rings. The average molecular weight is 384 g/mol. The molecule has 0 spiro atoms. The molecule has 0 amide bonds. The fourth-order valence-corrected chi connectivity index (χ4v) is 3.28. The van der Waals surface area contributed by atoms with Crippen LogP contribution in [0.3, 0.4) is 0 Å². The van der Waals surface area contributed by atoms with Gasteiger partial charge in [-0.2, -0.15) is 15.0 Å². The van der Waals surface area contributed by atoms with E-state index in [4.69, 9.17) is 17.3 Å². The Bertz CT molecular complexity index is 1050. The number of fused-ring (bicyclic) bond motifs is 1. The topological polar surface area (TPSA) is 105 Å². The van der Waals surface area contributed by atoms with Gasteiger partial charge in [-0.15, -0.1) is 0 Å². The highest BCUT2D eigenvalue weighted by atomic mass is 35.5. The van der Waals surface area contributed by atoms with E-state index >= 15 is 0 Å². The molecule has 0 aliphatic carbocycles. The molecule has 0 aliphatic rings.